The lowest BCUT2D eigenvalue weighted by Gasteiger charge is -2.37. The predicted octanol–water partition coefficient (Wildman–Crippen LogP) is 7.59. The molecular formula is C27H42F2O3. The number of hydrogen-bond donors (Lipinski definition) is 0. The molecule has 1 aliphatic heterocycles. The molecule has 1 aromatic rings. The van der Waals surface area contributed by atoms with Crippen LogP contribution in [0.4, 0.5) is 8.78 Å². The molecule has 0 bridgehead atoms. The zero-order valence-electron chi connectivity index (χ0n) is 20.1. The average Bonchev–Trinajstić information content (AvgIpc) is 2.82. The van der Waals surface area contributed by atoms with Crippen molar-refractivity contribution in [1.82, 2.24) is 0 Å². The van der Waals surface area contributed by atoms with Gasteiger partial charge in [0.2, 0.25) is 5.82 Å². The maximum absolute atomic E-state index is 14.4. The Labute approximate surface area is 193 Å². The molecule has 3 rings (SSSR count). The summed E-state index contributed by atoms with van der Waals surface area (Å²) >= 11 is 0. The molecule has 2 unspecified atom stereocenters. The van der Waals surface area contributed by atoms with Gasteiger partial charge in [-0.05, 0) is 75.3 Å². The van der Waals surface area contributed by atoms with Gasteiger partial charge in [-0.3, -0.25) is 0 Å². The molecule has 1 aliphatic carbocycles. The smallest absolute Gasteiger partial charge is 0.200 e. The Bertz CT molecular complexity index is 665. The first-order valence-electron chi connectivity index (χ1n) is 12.9. The van der Waals surface area contributed by atoms with E-state index in [1.54, 1.807) is 6.07 Å². The third-order valence-electron chi connectivity index (χ3n) is 7.22. The van der Waals surface area contributed by atoms with Crippen molar-refractivity contribution in [3.05, 3.63) is 29.3 Å². The fourth-order valence-corrected chi connectivity index (χ4v) is 5.06. The highest BCUT2D eigenvalue weighted by atomic mass is 19.2. The first-order valence-corrected chi connectivity index (χ1v) is 12.9. The highest BCUT2D eigenvalue weighted by Gasteiger charge is 2.32. The summed E-state index contributed by atoms with van der Waals surface area (Å²) in [6.45, 7) is 5.71. The fraction of sp³-hybridized carbons (Fsp3) is 0.778. The van der Waals surface area contributed by atoms with Gasteiger partial charge in [0.25, 0.3) is 0 Å². The van der Waals surface area contributed by atoms with Crippen LogP contribution in [0.5, 0.6) is 5.75 Å². The molecular weight excluding hydrogens is 410 g/mol. The minimum Gasteiger partial charge on any atom is -0.490 e. The van der Waals surface area contributed by atoms with E-state index >= 15 is 0 Å². The summed E-state index contributed by atoms with van der Waals surface area (Å²) in [6.07, 6.45) is 14.1. The van der Waals surface area contributed by atoms with E-state index in [0.717, 1.165) is 51.0 Å². The van der Waals surface area contributed by atoms with Crippen molar-refractivity contribution in [2.24, 2.45) is 11.8 Å². The molecule has 5 heteroatoms. The summed E-state index contributed by atoms with van der Waals surface area (Å²) in [5, 5.41) is 0. The summed E-state index contributed by atoms with van der Waals surface area (Å²) in [6, 6.07) is 3.09. The zero-order chi connectivity index (χ0) is 22.8. The van der Waals surface area contributed by atoms with Crippen LogP contribution in [0.2, 0.25) is 0 Å². The molecule has 0 radical (unpaired) electrons. The van der Waals surface area contributed by atoms with Crippen LogP contribution in [0, 0.1) is 23.5 Å². The van der Waals surface area contributed by atoms with Crippen LogP contribution in [0.3, 0.4) is 0 Å². The Hall–Kier alpha value is -1.20. The summed E-state index contributed by atoms with van der Waals surface area (Å²) in [7, 11) is 0. The molecule has 1 aromatic carbocycles. The van der Waals surface area contributed by atoms with Crippen molar-refractivity contribution in [3.63, 3.8) is 0 Å². The highest BCUT2D eigenvalue weighted by molar-refractivity contribution is 5.30. The molecule has 182 valence electrons. The van der Waals surface area contributed by atoms with Gasteiger partial charge in [0.05, 0.1) is 25.4 Å². The fourth-order valence-electron chi connectivity index (χ4n) is 5.06. The second-order valence-electron chi connectivity index (χ2n) is 9.71. The lowest BCUT2D eigenvalue weighted by molar-refractivity contribution is -0.0728. The van der Waals surface area contributed by atoms with Gasteiger partial charge in [-0.2, -0.15) is 4.39 Å². The van der Waals surface area contributed by atoms with Crippen molar-refractivity contribution < 1.29 is 23.0 Å². The summed E-state index contributed by atoms with van der Waals surface area (Å²) < 4.78 is 46.2. The van der Waals surface area contributed by atoms with Gasteiger partial charge >= 0.3 is 0 Å². The Morgan fingerprint density at radius 2 is 1.69 bits per heavy atom. The van der Waals surface area contributed by atoms with Gasteiger partial charge in [0.15, 0.2) is 11.6 Å². The molecule has 32 heavy (non-hydrogen) atoms. The Kier molecular flexibility index (Phi) is 10.7. The van der Waals surface area contributed by atoms with Crippen LogP contribution in [0.1, 0.15) is 96.5 Å². The molecule has 2 aliphatic rings. The number of hydrogen-bond acceptors (Lipinski definition) is 3. The van der Waals surface area contributed by atoms with Crippen LogP contribution in [-0.4, -0.2) is 25.4 Å². The van der Waals surface area contributed by atoms with Gasteiger partial charge in [-0.1, -0.05) is 39.5 Å². The van der Waals surface area contributed by atoms with Gasteiger partial charge < -0.3 is 14.2 Å². The van der Waals surface area contributed by atoms with Crippen LogP contribution < -0.4 is 4.74 Å². The van der Waals surface area contributed by atoms with Crippen LogP contribution in [-0.2, 0) is 16.1 Å². The second kappa shape index (κ2) is 13.5. The molecule has 1 heterocycles. The lowest BCUT2D eigenvalue weighted by atomic mass is 9.80. The van der Waals surface area contributed by atoms with Gasteiger partial charge in [-0.25, -0.2) is 4.39 Å². The monoisotopic (exact) mass is 452 g/mol. The van der Waals surface area contributed by atoms with Gasteiger partial charge in [0.1, 0.15) is 0 Å². The molecule has 0 aromatic heterocycles. The number of benzene rings is 1. The third kappa shape index (κ3) is 7.41. The van der Waals surface area contributed by atoms with Gasteiger partial charge in [-0.15, -0.1) is 0 Å². The quantitative estimate of drug-likeness (QED) is 0.306. The van der Waals surface area contributed by atoms with Crippen molar-refractivity contribution in [1.29, 1.82) is 0 Å². The van der Waals surface area contributed by atoms with E-state index in [1.165, 1.54) is 44.6 Å². The van der Waals surface area contributed by atoms with E-state index < -0.39 is 11.6 Å². The minimum absolute atomic E-state index is 0.0136. The molecule has 3 nitrogen and oxygen atoms in total. The summed E-state index contributed by atoms with van der Waals surface area (Å²) in [5.41, 5.74) is 0.261. The molecule has 0 spiro atoms. The summed E-state index contributed by atoms with van der Waals surface area (Å²) in [5.74, 6) is -0.415. The standard InChI is InChI=1S/C27H42F2O3/c1-3-5-7-8-20-9-15-24(32-18-20)21-10-13-23(14-11-21)31-19-22-12-16-25(27(29)26(22)28)30-17-6-4-2/h12,16,20-21,23-24H,3-11,13-15,17-19H2,1-2H3. The van der Waals surface area contributed by atoms with E-state index in [0.29, 0.717) is 18.6 Å². The minimum atomic E-state index is -0.909. The SMILES string of the molecule is CCCCCC1CCC(C2CCC(OCc3ccc(OCCCC)c(F)c3F)CC2)OC1. The largest absolute Gasteiger partial charge is 0.490 e. The molecule has 2 fully saturated rings. The van der Waals surface area contributed by atoms with Crippen LogP contribution in [0.25, 0.3) is 0 Å². The first-order chi connectivity index (χ1) is 15.6. The average molecular weight is 453 g/mol. The molecule has 0 N–H and O–H groups in total. The number of ether oxygens (including phenoxy) is 3. The highest BCUT2D eigenvalue weighted by Crippen LogP contribution is 2.36. The number of unbranched alkanes of at least 4 members (excludes halogenated alkanes) is 3. The maximum atomic E-state index is 14.4. The van der Waals surface area contributed by atoms with Crippen molar-refractivity contribution in [3.8, 4) is 5.75 Å². The van der Waals surface area contributed by atoms with E-state index in [-0.39, 0.29) is 24.0 Å². The number of halogens is 2. The zero-order valence-corrected chi connectivity index (χ0v) is 20.1. The molecule has 2 atom stereocenters. The second-order valence-corrected chi connectivity index (χ2v) is 9.71. The predicted molar refractivity (Wildman–Crippen MR) is 124 cm³/mol. The molecule has 0 amide bonds. The molecule has 1 saturated heterocycles. The van der Waals surface area contributed by atoms with Crippen LogP contribution in [0.15, 0.2) is 12.1 Å². The van der Waals surface area contributed by atoms with E-state index in [2.05, 4.69) is 6.92 Å². The maximum Gasteiger partial charge on any atom is 0.200 e. The van der Waals surface area contributed by atoms with Crippen molar-refractivity contribution >= 4 is 0 Å². The third-order valence-corrected chi connectivity index (χ3v) is 7.22. The lowest BCUT2D eigenvalue weighted by Crippen LogP contribution is -2.35. The number of rotatable bonds is 12. The van der Waals surface area contributed by atoms with E-state index in [9.17, 15) is 8.78 Å². The van der Waals surface area contributed by atoms with Crippen LogP contribution >= 0.6 is 0 Å². The molecule has 1 saturated carbocycles. The first kappa shape index (κ1) is 25.4. The Balaban J connectivity index is 1.37. The van der Waals surface area contributed by atoms with E-state index in [4.69, 9.17) is 14.2 Å². The van der Waals surface area contributed by atoms with Gasteiger partial charge in [0, 0.05) is 12.2 Å². The Morgan fingerprint density at radius 1 is 0.906 bits per heavy atom. The topological polar surface area (TPSA) is 27.7 Å². The summed E-state index contributed by atoms with van der Waals surface area (Å²) in [4.78, 5) is 0. The van der Waals surface area contributed by atoms with Crippen molar-refractivity contribution in [2.75, 3.05) is 13.2 Å². The normalized spacial score (nSPS) is 26.2. The van der Waals surface area contributed by atoms with E-state index in [1.807, 2.05) is 6.92 Å². The Morgan fingerprint density at radius 3 is 2.38 bits per heavy atom. The van der Waals surface area contributed by atoms with Crippen molar-refractivity contribution in [2.45, 2.75) is 110 Å².